The van der Waals surface area contributed by atoms with Crippen molar-refractivity contribution in [2.24, 2.45) is 28.6 Å². The van der Waals surface area contributed by atoms with Crippen molar-refractivity contribution < 1.29 is 9.53 Å². The second kappa shape index (κ2) is 7.59. The first-order chi connectivity index (χ1) is 13.3. The number of fused-ring (bicyclic) bond motifs is 3. The molecule has 0 amide bonds. The minimum Gasteiger partial charge on any atom is -0.374 e. The minimum absolute atomic E-state index is 0.140. The number of aryl methyl sites for hydroxylation is 1. The van der Waals surface area contributed by atoms with E-state index >= 15 is 0 Å². The zero-order chi connectivity index (χ0) is 19.9. The Morgan fingerprint density at radius 1 is 1.04 bits per heavy atom. The Hall–Kier alpha value is -1.15. The average molecular weight is 383 g/mol. The van der Waals surface area contributed by atoms with E-state index in [4.69, 9.17) is 4.74 Å². The van der Waals surface area contributed by atoms with E-state index in [2.05, 4.69) is 58.0 Å². The van der Waals surface area contributed by atoms with E-state index in [1.165, 1.54) is 18.4 Å². The highest BCUT2D eigenvalue weighted by atomic mass is 16.5. The lowest BCUT2D eigenvalue weighted by molar-refractivity contribution is -0.210. The molecule has 4 rings (SSSR count). The van der Waals surface area contributed by atoms with Crippen molar-refractivity contribution in [2.45, 2.75) is 91.3 Å². The van der Waals surface area contributed by atoms with E-state index in [0.717, 1.165) is 38.5 Å². The standard InChI is InChI=1S/C26H38O2/c1-18(2)21-14-16-25(3)22-13-12-20(11-10-19-8-6-5-7-9-19)24(27)26(22,4)17-15-23(25)28-21/h5-9,18,20-23H,10-17H2,1-4H3. The Balaban J connectivity index is 1.47. The Morgan fingerprint density at radius 3 is 2.50 bits per heavy atom. The molecule has 3 aliphatic rings. The molecule has 0 aromatic heterocycles. The highest BCUT2D eigenvalue weighted by molar-refractivity contribution is 5.88. The molecule has 2 heteroatoms. The van der Waals surface area contributed by atoms with Gasteiger partial charge in [0.2, 0.25) is 0 Å². The second-order valence-corrected chi connectivity index (χ2v) is 10.6. The van der Waals surface area contributed by atoms with E-state index < -0.39 is 0 Å². The molecule has 2 aliphatic carbocycles. The third-order valence-corrected chi connectivity index (χ3v) is 8.64. The number of carbonyl (C=O) groups excluding carboxylic acids is 1. The number of benzene rings is 1. The number of ketones is 1. The summed E-state index contributed by atoms with van der Waals surface area (Å²) in [4.78, 5) is 13.7. The summed E-state index contributed by atoms with van der Waals surface area (Å²) in [6.07, 6.45) is 9.51. The number of ether oxygens (including phenoxy) is 1. The van der Waals surface area contributed by atoms with Crippen LogP contribution in [0.3, 0.4) is 0 Å². The normalized spacial score (nSPS) is 40.8. The molecule has 6 unspecified atom stereocenters. The summed E-state index contributed by atoms with van der Waals surface area (Å²) in [7, 11) is 0. The predicted octanol–water partition coefficient (Wildman–Crippen LogP) is 6.22. The van der Waals surface area contributed by atoms with Crippen molar-refractivity contribution in [2.75, 3.05) is 0 Å². The van der Waals surface area contributed by atoms with Crippen LogP contribution in [0.1, 0.15) is 78.2 Å². The summed E-state index contributed by atoms with van der Waals surface area (Å²) < 4.78 is 6.60. The summed E-state index contributed by atoms with van der Waals surface area (Å²) in [5.74, 6) is 1.89. The highest BCUT2D eigenvalue weighted by Gasteiger charge is 2.60. The van der Waals surface area contributed by atoms with Gasteiger partial charge in [0.25, 0.3) is 0 Å². The van der Waals surface area contributed by atoms with Crippen LogP contribution < -0.4 is 0 Å². The molecule has 0 spiro atoms. The van der Waals surface area contributed by atoms with E-state index in [1.54, 1.807) is 0 Å². The highest BCUT2D eigenvalue weighted by Crippen LogP contribution is 2.61. The van der Waals surface area contributed by atoms with Crippen molar-refractivity contribution in [1.29, 1.82) is 0 Å². The summed E-state index contributed by atoms with van der Waals surface area (Å²) in [6, 6.07) is 10.6. The van der Waals surface area contributed by atoms with Crippen molar-refractivity contribution >= 4 is 5.78 Å². The van der Waals surface area contributed by atoms with Gasteiger partial charge in [-0.25, -0.2) is 0 Å². The molecule has 6 atom stereocenters. The number of rotatable bonds is 4. The molecule has 3 fully saturated rings. The third-order valence-electron chi connectivity index (χ3n) is 8.64. The fourth-order valence-corrected chi connectivity index (χ4v) is 6.84. The first kappa shape index (κ1) is 20.1. The van der Waals surface area contributed by atoms with E-state index in [0.29, 0.717) is 29.8 Å². The molecule has 28 heavy (non-hydrogen) atoms. The van der Waals surface area contributed by atoms with Gasteiger partial charge in [-0.2, -0.15) is 0 Å². The molecule has 1 aliphatic heterocycles. The first-order valence-corrected chi connectivity index (χ1v) is 11.6. The topological polar surface area (TPSA) is 26.3 Å². The molecule has 1 saturated heterocycles. The Bertz CT molecular complexity index is 696. The maximum absolute atomic E-state index is 13.7. The Morgan fingerprint density at radius 2 is 1.79 bits per heavy atom. The van der Waals surface area contributed by atoms with Gasteiger partial charge in [-0.15, -0.1) is 0 Å². The van der Waals surface area contributed by atoms with Crippen molar-refractivity contribution in [1.82, 2.24) is 0 Å². The molecule has 2 saturated carbocycles. The van der Waals surface area contributed by atoms with Crippen LogP contribution in [0.2, 0.25) is 0 Å². The van der Waals surface area contributed by atoms with E-state index in [-0.39, 0.29) is 16.7 Å². The predicted molar refractivity (Wildman–Crippen MR) is 114 cm³/mol. The molecule has 154 valence electrons. The fourth-order valence-electron chi connectivity index (χ4n) is 6.84. The van der Waals surface area contributed by atoms with Gasteiger partial charge in [0.05, 0.1) is 12.2 Å². The number of hydrogen-bond acceptors (Lipinski definition) is 2. The zero-order valence-electron chi connectivity index (χ0n) is 18.2. The molecule has 1 aromatic rings. The van der Waals surface area contributed by atoms with Gasteiger partial charge in [0, 0.05) is 11.3 Å². The molecule has 1 aromatic carbocycles. The van der Waals surface area contributed by atoms with Crippen LogP contribution in [0.25, 0.3) is 0 Å². The first-order valence-electron chi connectivity index (χ1n) is 11.6. The van der Waals surface area contributed by atoms with Gasteiger partial charge in [-0.3, -0.25) is 4.79 Å². The van der Waals surface area contributed by atoms with Gasteiger partial charge in [-0.05, 0) is 74.2 Å². The Labute approximate surface area is 171 Å². The summed E-state index contributed by atoms with van der Waals surface area (Å²) in [5, 5.41) is 0. The molecule has 2 nitrogen and oxygen atoms in total. The number of Topliss-reactive ketones (excluding diaryl/α,β-unsaturated/α-hetero) is 1. The average Bonchev–Trinajstić information content (AvgIpc) is 2.68. The minimum atomic E-state index is -0.140. The molecule has 0 N–H and O–H groups in total. The quantitative estimate of drug-likeness (QED) is 0.617. The van der Waals surface area contributed by atoms with E-state index in [1.807, 2.05) is 0 Å². The van der Waals surface area contributed by atoms with Gasteiger partial charge in [0.15, 0.2) is 0 Å². The lowest BCUT2D eigenvalue weighted by Gasteiger charge is -2.60. The summed E-state index contributed by atoms with van der Waals surface area (Å²) in [6.45, 7) is 9.29. The molecule has 0 radical (unpaired) electrons. The maximum atomic E-state index is 13.7. The summed E-state index contributed by atoms with van der Waals surface area (Å²) in [5.41, 5.74) is 1.40. The molecular formula is C26H38O2. The van der Waals surface area contributed by atoms with Gasteiger partial charge in [0.1, 0.15) is 5.78 Å². The third kappa shape index (κ3) is 3.36. The monoisotopic (exact) mass is 382 g/mol. The molecular weight excluding hydrogens is 344 g/mol. The smallest absolute Gasteiger partial charge is 0.142 e. The fraction of sp³-hybridized carbons (Fsp3) is 0.731. The van der Waals surface area contributed by atoms with Crippen LogP contribution in [0.4, 0.5) is 0 Å². The Kier molecular flexibility index (Phi) is 5.46. The van der Waals surface area contributed by atoms with Crippen LogP contribution in [0.5, 0.6) is 0 Å². The van der Waals surface area contributed by atoms with Crippen molar-refractivity contribution in [3.63, 3.8) is 0 Å². The lowest BCUT2D eigenvalue weighted by Crippen LogP contribution is -2.60. The SMILES string of the molecule is CC(C)C1CCC2(C)C(CCC3(C)C(=O)C(CCc4ccccc4)CCC32)O1. The zero-order valence-corrected chi connectivity index (χ0v) is 18.2. The second-order valence-electron chi connectivity index (χ2n) is 10.6. The van der Waals surface area contributed by atoms with Crippen LogP contribution in [0.15, 0.2) is 30.3 Å². The van der Waals surface area contributed by atoms with Gasteiger partial charge >= 0.3 is 0 Å². The van der Waals surface area contributed by atoms with Crippen LogP contribution in [-0.2, 0) is 16.0 Å². The van der Waals surface area contributed by atoms with Crippen LogP contribution in [0, 0.1) is 28.6 Å². The number of hydrogen-bond donors (Lipinski definition) is 0. The van der Waals surface area contributed by atoms with Gasteiger partial charge < -0.3 is 4.74 Å². The maximum Gasteiger partial charge on any atom is 0.142 e. The van der Waals surface area contributed by atoms with E-state index in [9.17, 15) is 4.79 Å². The summed E-state index contributed by atoms with van der Waals surface area (Å²) >= 11 is 0. The lowest BCUT2D eigenvalue weighted by atomic mass is 9.46. The largest absolute Gasteiger partial charge is 0.374 e. The van der Waals surface area contributed by atoms with Crippen molar-refractivity contribution in [3.05, 3.63) is 35.9 Å². The van der Waals surface area contributed by atoms with Crippen LogP contribution in [-0.4, -0.2) is 18.0 Å². The molecule has 1 heterocycles. The number of carbonyl (C=O) groups is 1. The molecule has 0 bridgehead atoms. The van der Waals surface area contributed by atoms with Crippen LogP contribution >= 0.6 is 0 Å². The van der Waals surface area contributed by atoms with Crippen molar-refractivity contribution in [3.8, 4) is 0 Å². The van der Waals surface area contributed by atoms with Gasteiger partial charge in [-0.1, -0.05) is 58.0 Å².